The van der Waals surface area contributed by atoms with Crippen LogP contribution in [0.4, 0.5) is 17.6 Å². The highest BCUT2D eigenvalue weighted by molar-refractivity contribution is 7.89. The average molecular weight is 326 g/mol. The highest BCUT2D eigenvalue weighted by atomic mass is 32.2. The van der Waals surface area contributed by atoms with E-state index in [9.17, 15) is 26.0 Å². The van der Waals surface area contributed by atoms with Crippen molar-refractivity contribution in [3.8, 4) is 0 Å². The predicted molar refractivity (Wildman–Crippen MR) is 67.3 cm³/mol. The number of nitrogens with one attached hydrogen (secondary N) is 1. The van der Waals surface area contributed by atoms with E-state index >= 15 is 0 Å². The van der Waals surface area contributed by atoms with Crippen LogP contribution in [0.2, 0.25) is 0 Å². The van der Waals surface area contributed by atoms with Gasteiger partial charge in [0.2, 0.25) is 10.0 Å². The zero-order valence-corrected chi connectivity index (χ0v) is 11.6. The second-order valence-corrected chi connectivity index (χ2v) is 6.62. The molecule has 1 atom stereocenters. The molecule has 1 saturated carbocycles. The van der Waals surface area contributed by atoms with Gasteiger partial charge in [0, 0.05) is 12.6 Å². The first-order valence-electron chi connectivity index (χ1n) is 6.24. The molecule has 9 heteroatoms. The summed E-state index contributed by atoms with van der Waals surface area (Å²) in [5, 5.41) is 0. The minimum absolute atomic E-state index is 0.00750. The summed E-state index contributed by atoms with van der Waals surface area (Å²) in [6.07, 6.45) is -3.41. The molecule has 1 aliphatic rings. The molecule has 0 aromatic heterocycles. The summed E-state index contributed by atoms with van der Waals surface area (Å²) in [4.78, 5) is -0.990. The van der Waals surface area contributed by atoms with Crippen LogP contribution in [0.15, 0.2) is 23.1 Å². The molecule has 0 saturated heterocycles. The third kappa shape index (κ3) is 3.72. The number of rotatable bonds is 5. The zero-order chi connectivity index (χ0) is 15.8. The van der Waals surface area contributed by atoms with E-state index in [0.29, 0.717) is 12.1 Å². The first-order chi connectivity index (χ1) is 9.65. The van der Waals surface area contributed by atoms with Gasteiger partial charge in [-0.2, -0.15) is 13.2 Å². The van der Waals surface area contributed by atoms with Crippen LogP contribution in [0.3, 0.4) is 0 Å². The third-order valence-electron chi connectivity index (χ3n) is 3.29. The summed E-state index contributed by atoms with van der Waals surface area (Å²) in [6.45, 7) is -0.00750. The molecule has 1 aliphatic carbocycles. The van der Waals surface area contributed by atoms with E-state index in [2.05, 4.69) is 4.72 Å². The second-order valence-electron chi connectivity index (χ2n) is 4.94. The van der Waals surface area contributed by atoms with Gasteiger partial charge >= 0.3 is 6.18 Å². The van der Waals surface area contributed by atoms with Gasteiger partial charge in [-0.3, -0.25) is 0 Å². The Morgan fingerprint density at radius 2 is 1.95 bits per heavy atom. The van der Waals surface area contributed by atoms with Crippen LogP contribution < -0.4 is 10.5 Å². The molecule has 1 fully saturated rings. The Hall–Kier alpha value is -1.19. The first-order valence-corrected chi connectivity index (χ1v) is 7.72. The summed E-state index contributed by atoms with van der Waals surface area (Å²) in [5.74, 6) is -1.11. The number of nitrogens with two attached hydrogens (primary N) is 1. The topological polar surface area (TPSA) is 72.2 Å². The molecule has 0 spiro atoms. The molecule has 0 unspecified atom stereocenters. The lowest BCUT2D eigenvalue weighted by atomic mass is 10.2. The van der Waals surface area contributed by atoms with Crippen LogP contribution in [0.25, 0.3) is 0 Å². The molecule has 0 bridgehead atoms. The zero-order valence-electron chi connectivity index (χ0n) is 10.8. The van der Waals surface area contributed by atoms with Gasteiger partial charge in [0.25, 0.3) is 0 Å². The van der Waals surface area contributed by atoms with Crippen molar-refractivity contribution < 1.29 is 26.0 Å². The van der Waals surface area contributed by atoms with Gasteiger partial charge in [-0.1, -0.05) is 0 Å². The Balaban J connectivity index is 2.39. The molecule has 2 rings (SSSR count). The molecule has 118 valence electrons. The molecule has 21 heavy (non-hydrogen) atoms. The molecular weight excluding hydrogens is 312 g/mol. The fourth-order valence-corrected chi connectivity index (χ4v) is 3.58. The van der Waals surface area contributed by atoms with E-state index in [-0.39, 0.29) is 18.5 Å². The van der Waals surface area contributed by atoms with Gasteiger partial charge in [-0.05, 0) is 37.0 Å². The second kappa shape index (κ2) is 5.54. The Morgan fingerprint density at radius 3 is 2.43 bits per heavy atom. The fourth-order valence-electron chi connectivity index (χ4n) is 2.06. The smallest absolute Gasteiger partial charge is 0.329 e. The number of hydrogen-bond donors (Lipinski definition) is 2. The van der Waals surface area contributed by atoms with Gasteiger partial charge in [0.1, 0.15) is 5.82 Å². The fraction of sp³-hybridized carbons (Fsp3) is 0.500. The quantitative estimate of drug-likeness (QED) is 0.811. The lowest BCUT2D eigenvalue weighted by molar-refractivity contribution is -0.140. The lowest BCUT2D eigenvalue weighted by Crippen LogP contribution is -2.42. The van der Waals surface area contributed by atoms with E-state index in [1.54, 1.807) is 0 Å². The van der Waals surface area contributed by atoms with Crippen molar-refractivity contribution in [2.24, 2.45) is 11.7 Å². The minimum Gasteiger partial charge on any atom is -0.329 e. The molecule has 0 aliphatic heterocycles. The summed E-state index contributed by atoms with van der Waals surface area (Å²) >= 11 is 0. The summed E-state index contributed by atoms with van der Waals surface area (Å²) in [7, 11) is -4.42. The van der Waals surface area contributed by atoms with Crippen molar-refractivity contribution >= 4 is 10.0 Å². The number of benzene rings is 1. The van der Waals surface area contributed by atoms with Gasteiger partial charge in [-0.25, -0.2) is 17.5 Å². The number of sulfonamides is 1. The van der Waals surface area contributed by atoms with Crippen LogP contribution in [0.5, 0.6) is 0 Å². The van der Waals surface area contributed by atoms with Crippen LogP contribution in [0.1, 0.15) is 18.4 Å². The molecule has 0 radical (unpaired) electrons. The number of alkyl halides is 3. The third-order valence-corrected chi connectivity index (χ3v) is 4.84. The molecular formula is C12H14F4N2O2S. The Kier molecular flexibility index (Phi) is 4.27. The molecule has 0 heterocycles. The number of hydrogen-bond acceptors (Lipinski definition) is 3. The van der Waals surface area contributed by atoms with Crippen molar-refractivity contribution in [2.75, 3.05) is 6.54 Å². The SMILES string of the molecule is NC[C@H](NS(=O)(=O)c1ccc(F)cc1C(F)(F)F)C1CC1. The molecule has 0 amide bonds. The van der Waals surface area contributed by atoms with Gasteiger partial charge < -0.3 is 5.73 Å². The minimum atomic E-state index is -4.97. The maximum atomic E-state index is 13.0. The van der Waals surface area contributed by atoms with Crippen molar-refractivity contribution in [1.82, 2.24) is 4.72 Å². The Bertz CT molecular complexity index is 627. The highest BCUT2D eigenvalue weighted by Crippen LogP contribution is 2.36. The molecule has 3 N–H and O–H groups in total. The van der Waals surface area contributed by atoms with Crippen molar-refractivity contribution in [2.45, 2.75) is 30.0 Å². The largest absolute Gasteiger partial charge is 0.417 e. The summed E-state index contributed by atoms with van der Waals surface area (Å²) in [6, 6.07) is 0.851. The van der Waals surface area contributed by atoms with E-state index in [4.69, 9.17) is 5.73 Å². The monoisotopic (exact) mass is 326 g/mol. The lowest BCUT2D eigenvalue weighted by Gasteiger charge is -2.19. The van der Waals surface area contributed by atoms with Gasteiger partial charge in [-0.15, -0.1) is 0 Å². The molecule has 1 aromatic rings. The highest BCUT2D eigenvalue weighted by Gasteiger charge is 2.39. The van der Waals surface area contributed by atoms with Crippen molar-refractivity contribution in [3.05, 3.63) is 29.6 Å². The van der Waals surface area contributed by atoms with Crippen molar-refractivity contribution in [3.63, 3.8) is 0 Å². The van der Waals surface area contributed by atoms with E-state index < -0.39 is 38.5 Å². The van der Waals surface area contributed by atoms with Crippen LogP contribution in [-0.2, 0) is 16.2 Å². The molecule has 1 aromatic carbocycles. The summed E-state index contributed by atoms with van der Waals surface area (Å²) < 4.78 is 78.0. The van der Waals surface area contributed by atoms with E-state index in [0.717, 1.165) is 12.8 Å². The summed E-state index contributed by atoms with van der Waals surface area (Å²) in [5.41, 5.74) is 3.91. The van der Waals surface area contributed by atoms with Crippen molar-refractivity contribution in [1.29, 1.82) is 0 Å². The van der Waals surface area contributed by atoms with E-state index in [1.165, 1.54) is 0 Å². The maximum Gasteiger partial charge on any atom is 0.417 e. The van der Waals surface area contributed by atoms with Gasteiger partial charge in [0.15, 0.2) is 0 Å². The van der Waals surface area contributed by atoms with Gasteiger partial charge in [0.05, 0.1) is 10.5 Å². The number of halogens is 4. The Labute approximate surface area is 119 Å². The van der Waals surface area contributed by atoms with Crippen LogP contribution in [-0.4, -0.2) is 21.0 Å². The van der Waals surface area contributed by atoms with E-state index in [1.807, 2.05) is 0 Å². The maximum absolute atomic E-state index is 13.0. The predicted octanol–water partition coefficient (Wildman–Crippen LogP) is 1.86. The van der Waals surface area contributed by atoms with Crippen LogP contribution >= 0.6 is 0 Å². The van der Waals surface area contributed by atoms with Crippen LogP contribution in [0, 0.1) is 11.7 Å². The molecule has 4 nitrogen and oxygen atoms in total. The normalized spacial score (nSPS) is 17.8. The first kappa shape index (κ1) is 16.2. The average Bonchev–Trinajstić information content (AvgIpc) is 3.18. The Morgan fingerprint density at radius 1 is 1.33 bits per heavy atom. The standard InChI is InChI=1S/C12H14F4N2O2S/c13-8-3-4-11(9(5-8)12(14,15)16)21(19,20)18-10(6-17)7-1-2-7/h3-5,7,10,18H,1-2,6,17H2/t10-/m0/s1.